The Morgan fingerprint density at radius 3 is 2.95 bits per heavy atom. The van der Waals surface area contributed by atoms with Crippen LogP contribution < -0.4 is 15.4 Å². The summed E-state index contributed by atoms with van der Waals surface area (Å²) >= 11 is 0. The van der Waals surface area contributed by atoms with E-state index in [2.05, 4.69) is 10.6 Å². The highest BCUT2D eigenvalue weighted by Crippen LogP contribution is 2.12. The molecule has 5 nitrogen and oxygen atoms in total. The first-order chi connectivity index (χ1) is 9.15. The van der Waals surface area contributed by atoms with E-state index in [0.717, 1.165) is 11.3 Å². The Kier molecular flexibility index (Phi) is 6.74. The van der Waals surface area contributed by atoms with Gasteiger partial charge in [0, 0.05) is 19.2 Å². The van der Waals surface area contributed by atoms with Crippen LogP contribution in [-0.4, -0.2) is 30.4 Å². The molecule has 0 spiro atoms. The Morgan fingerprint density at radius 1 is 1.47 bits per heavy atom. The van der Waals surface area contributed by atoms with E-state index in [1.54, 1.807) is 0 Å². The maximum atomic E-state index is 11.6. The quantitative estimate of drug-likeness (QED) is 0.703. The molecule has 0 bridgehead atoms. The molecule has 0 aliphatic heterocycles. The molecule has 0 fully saturated rings. The summed E-state index contributed by atoms with van der Waals surface area (Å²) in [5.74, 6) is 0.802. The van der Waals surface area contributed by atoms with Gasteiger partial charge in [-0.25, -0.2) is 4.79 Å². The molecule has 3 N–H and O–H groups in total. The molecule has 0 aromatic heterocycles. The van der Waals surface area contributed by atoms with E-state index in [9.17, 15) is 4.79 Å². The Morgan fingerprint density at radius 2 is 2.26 bits per heavy atom. The normalized spacial score (nSPS) is 11.7. The first-order valence-corrected chi connectivity index (χ1v) is 6.52. The number of carbonyl (C=O) groups excluding carboxylic acids is 1. The molecule has 0 saturated heterocycles. The standard InChI is InChI=1S/C14H22N2O3/c1-3-19-13-6-4-5-12(9-13)10-15-14(18)16-11(2)7-8-17/h4-6,9,11,17H,3,7-8,10H2,1-2H3,(H2,15,16,18)/t11-/m1/s1. The van der Waals surface area contributed by atoms with E-state index in [1.807, 2.05) is 38.1 Å². The average Bonchev–Trinajstić information content (AvgIpc) is 2.37. The van der Waals surface area contributed by atoms with Crippen LogP contribution in [-0.2, 0) is 6.54 Å². The van der Waals surface area contributed by atoms with Crippen molar-refractivity contribution in [3.63, 3.8) is 0 Å². The second-order valence-corrected chi connectivity index (χ2v) is 4.32. The lowest BCUT2D eigenvalue weighted by Gasteiger charge is -2.13. The Balaban J connectivity index is 2.39. The maximum absolute atomic E-state index is 11.6. The molecule has 0 heterocycles. The fourth-order valence-electron chi connectivity index (χ4n) is 1.63. The monoisotopic (exact) mass is 266 g/mol. The third kappa shape index (κ3) is 6.10. The van der Waals surface area contributed by atoms with Gasteiger partial charge in [-0.1, -0.05) is 12.1 Å². The number of benzene rings is 1. The van der Waals surface area contributed by atoms with Crippen molar-refractivity contribution in [1.82, 2.24) is 10.6 Å². The van der Waals surface area contributed by atoms with Crippen molar-refractivity contribution in [3.8, 4) is 5.75 Å². The first-order valence-electron chi connectivity index (χ1n) is 6.52. The molecule has 1 rings (SSSR count). The largest absolute Gasteiger partial charge is 0.494 e. The minimum Gasteiger partial charge on any atom is -0.494 e. The maximum Gasteiger partial charge on any atom is 0.315 e. The van der Waals surface area contributed by atoms with Crippen molar-refractivity contribution in [2.45, 2.75) is 32.9 Å². The number of urea groups is 1. The lowest BCUT2D eigenvalue weighted by molar-refractivity contribution is 0.230. The summed E-state index contributed by atoms with van der Waals surface area (Å²) in [4.78, 5) is 11.6. The second-order valence-electron chi connectivity index (χ2n) is 4.32. The predicted molar refractivity (Wildman–Crippen MR) is 74.1 cm³/mol. The zero-order valence-corrected chi connectivity index (χ0v) is 11.5. The Hall–Kier alpha value is -1.75. The average molecular weight is 266 g/mol. The molecule has 1 atom stereocenters. The molecule has 0 aliphatic rings. The molecule has 2 amide bonds. The molecule has 0 unspecified atom stereocenters. The Labute approximate surface area is 114 Å². The number of amides is 2. The van der Waals surface area contributed by atoms with Gasteiger partial charge >= 0.3 is 6.03 Å². The van der Waals surface area contributed by atoms with Crippen molar-refractivity contribution in [3.05, 3.63) is 29.8 Å². The summed E-state index contributed by atoms with van der Waals surface area (Å²) in [7, 11) is 0. The van der Waals surface area contributed by atoms with Gasteiger partial charge in [-0.05, 0) is 38.0 Å². The number of hydrogen-bond donors (Lipinski definition) is 3. The van der Waals surface area contributed by atoms with Crippen molar-refractivity contribution in [2.75, 3.05) is 13.2 Å². The lowest BCUT2D eigenvalue weighted by atomic mass is 10.2. The highest BCUT2D eigenvalue weighted by Gasteiger charge is 2.06. The number of nitrogens with one attached hydrogen (secondary N) is 2. The van der Waals surface area contributed by atoms with Gasteiger partial charge in [0.1, 0.15) is 5.75 Å². The van der Waals surface area contributed by atoms with Crippen LogP contribution in [0, 0.1) is 0 Å². The summed E-state index contributed by atoms with van der Waals surface area (Å²) in [5.41, 5.74) is 0.982. The van der Waals surface area contributed by atoms with E-state index in [-0.39, 0.29) is 18.7 Å². The van der Waals surface area contributed by atoms with Gasteiger partial charge < -0.3 is 20.5 Å². The zero-order valence-electron chi connectivity index (χ0n) is 11.5. The highest BCUT2D eigenvalue weighted by molar-refractivity contribution is 5.74. The second kappa shape index (κ2) is 8.37. The van der Waals surface area contributed by atoms with Crippen molar-refractivity contribution < 1.29 is 14.6 Å². The summed E-state index contributed by atoms with van der Waals surface area (Å²) < 4.78 is 5.39. The van der Waals surface area contributed by atoms with E-state index in [1.165, 1.54) is 0 Å². The summed E-state index contributed by atoms with van der Waals surface area (Å²) in [6, 6.07) is 7.34. The minimum absolute atomic E-state index is 0.0419. The van der Waals surface area contributed by atoms with Crippen LogP contribution in [0.1, 0.15) is 25.8 Å². The van der Waals surface area contributed by atoms with Crippen LogP contribution in [0.3, 0.4) is 0 Å². The first kappa shape index (κ1) is 15.3. The molecule has 0 aliphatic carbocycles. The van der Waals surface area contributed by atoms with Crippen LogP contribution >= 0.6 is 0 Å². The number of hydrogen-bond acceptors (Lipinski definition) is 3. The fraction of sp³-hybridized carbons (Fsp3) is 0.500. The van der Waals surface area contributed by atoms with Gasteiger partial charge in [0.25, 0.3) is 0 Å². The topological polar surface area (TPSA) is 70.6 Å². The number of carbonyl (C=O) groups is 1. The van der Waals surface area contributed by atoms with Crippen LogP contribution in [0.2, 0.25) is 0 Å². The molecular weight excluding hydrogens is 244 g/mol. The van der Waals surface area contributed by atoms with Crippen LogP contribution in [0.5, 0.6) is 5.75 Å². The third-order valence-corrected chi connectivity index (χ3v) is 2.60. The smallest absolute Gasteiger partial charge is 0.315 e. The minimum atomic E-state index is -0.234. The third-order valence-electron chi connectivity index (χ3n) is 2.60. The SMILES string of the molecule is CCOc1cccc(CNC(=O)N[C@H](C)CCO)c1. The summed E-state index contributed by atoms with van der Waals surface area (Å²) in [5, 5.41) is 14.3. The van der Waals surface area contributed by atoms with Gasteiger partial charge in [0.15, 0.2) is 0 Å². The summed E-state index contributed by atoms with van der Waals surface area (Å²) in [6.45, 7) is 4.92. The molecule has 5 heteroatoms. The summed E-state index contributed by atoms with van der Waals surface area (Å²) in [6.07, 6.45) is 0.549. The zero-order chi connectivity index (χ0) is 14.1. The molecule has 0 radical (unpaired) electrons. The van der Waals surface area contributed by atoms with E-state index in [0.29, 0.717) is 19.6 Å². The number of rotatable bonds is 7. The van der Waals surface area contributed by atoms with Crippen LogP contribution in [0.15, 0.2) is 24.3 Å². The van der Waals surface area contributed by atoms with E-state index in [4.69, 9.17) is 9.84 Å². The highest BCUT2D eigenvalue weighted by atomic mass is 16.5. The molecule has 19 heavy (non-hydrogen) atoms. The molecule has 1 aromatic carbocycles. The number of aliphatic hydroxyl groups excluding tert-OH is 1. The van der Waals surface area contributed by atoms with Gasteiger partial charge in [0.2, 0.25) is 0 Å². The van der Waals surface area contributed by atoms with Gasteiger partial charge in [-0.3, -0.25) is 0 Å². The fourth-order valence-corrected chi connectivity index (χ4v) is 1.63. The van der Waals surface area contributed by atoms with Crippen LogP contribution in [0.4, 0.5) is 4.79 Å². The number of ether oxygens (including phenoxy) is 1. The predicted octanol–water partition coefficient (Wildman–Crippen LogP) is 1.66. The van der Waals surface area contributed by atoms with E-state index >= 15 is 0 Å². The molecular formula is C14H22N2O3. The lowest BCUT2D eigenvalue weighted by Crippen LogP contribution is -2.40. The molecule has 0 saturated carbocycles. The van der Waals surface area contributed by atoms with E-state index < -0.39 is 0 Å². The van der Waals surface area contributed by atoms with Crippen LogP contribution in [0.25, 0.3) is 0 Å². The van der Waals surface area contributed by atoms with Gasteiger partial charge in [-0.2, -0.15) is 0 Å². The molecule has 1 aromatic rings. The van der Waals surface area contributed by atoms with Crippen molar-refractivity contribution in [2.24, 2.45) is 0 Å². The molecule has 106 valence electrons. The Bertz CT molecular complexity index is 396. The van der Waals surface area contributed by atoms with Crippen molar-refractivity contribution >= 4 is 6.03 Å². The van der Waals surface area contributed by atoms with Crippen molar-refractivity contribution in [1.29, 1.82) is 0 Å². The number of aliphatic hydroxyl groups is 1. The van der Waals surface area contributed by atoms with Gasteiger partial charge in [-0.15, -0.1) is 0 Å². The van der Waals surface area contributed by atoms with Gasteiger partial charge in [0.05, 0.1) is 6.61 Å².